The molecule has 0 saturated carbocycles. The first kappa shape index (κ1) is 11.7. The fraction of sp³-hybridized carbons (Fsp3) is 0.308. The quantitative estimate of drug-likeness (QED) is 0.847. The van der Waals surface area contributed by atoms with Gasteiger partial charge in [-0.15, -0.1) is 0 Å². The lowest BCUT2D eigenvalue weighted by atomic mass is 10.1. The molecule has 1 aromatic carbocycles. The standard InChI is InChI=1S/C13H17N3O/c1-10(15-13-7-14-16(2)8-13)12-5-3-4-11(6-12)9-17/h3-8,10,15,17H,9H2,1-2H3. The van der Waals surface area contributed by atoms with Crippen LogP contribution in [0.25, 0.3) is 0 Å². The van der Waals surface area contributed by atoms with E-state index in [2.05, 4.69) is 17.3 Å². The third-order valence-electron chi connectivity index (χ3n) is 2.72. The van der Waals surface area contributed by atoms with Gasteiger partial charge in [-0.1, -0.05) is 24.3 Å². The van der Waals surface area contributed by atoms with Crippen LogP contribution in [0.3, 0.4) is 0 Å². The summed E-state index contributed by atoms with van der Waals surface area (Å²) in [5.74, 6) is 0. The summed E-state index contributed by atoms with van der Waals surface area (Å²) in [6.07, 6.45) is 3.73. The number of rotatable bonds is 4. The summed E-state index contributed by atoms with van der Waals surface area (Å²) in [7, 11) is 1.89. The van der Waals surface area contributed by atoms with Crippen molar-refractivity contribution >= 4 is 5.69 Å². The molecule has 1 unspecified atom stereocenters. The Labute approximate surface area is 101 Å². The molecule has 0 bridgehead atoms. The maximum absolute atomic E-state index is 9.10. The van der Waals surface area contributed by atoms with Gasteiger partial charge in [0.15, 0.2) is 0 Å². The molecule has 1 heterocycles. The van der Waals surface area contributed by atoms with Gasteiger partial charge in [-0.25, -0.2) is 0 Å². The number of aliphatic hydroxyl groups is 1. The maximum Gasteiger partial charge on any atom is 0.0731 e. The SMILES string of the molecule is CC(Nc1cnn(C)c1)c1cccc(CO)c1. The first-order valence-corrected chi connectivity index (χ1v) is 5.64. The van der Waals surface area contributed by atoms with Crippen molar-refractivity contribution in [1.82, 2.24) is 9.78 Å². The van der Waals surface area contributed by atoms with Crippen molar-refractivity contribution in [3.05, 3.63) is 47.8 Å². The van der Waals surface area contributed by atoms with Crippen molar-refractivity contribution in [2.45, 2.75) is 19.6 Å². The molecule has 0 aliphatic heterocycles. The Balaban J connectivity index is 2.11. The van der Waals surface area contributed by atoms with Gasteiger partial charge >= 0.3 is 0 Å². The molecule has 4 heteroatoms. The second kappa shape index (κ2) is 5.01. The molecule has 2 aromatic rings. The minimum Gasteiger partial charge on any atom is -0.392 e. The van der Waals surface area contributed by atoms with Gasteiger partial charge in [-0.2, -0.15) is 5.10 Å². The molecule has 0 aliphatic carbocycles. The van der Waals surface area contributed by atoms with Crippen LogP contribution >= 0.6 is 0 Å². The average molecular weight is 231 g/mol. The zero-order valence-electron chi connectivity index (χ0n) is 10.1. The van der Waals surface area contributed by atoms with Crippen molar-refractivity contribution in [3.63, 3.8) is 0 Å². The van der Waals surface area contributed by atoms with E-state index in [1.165, 1.54) is 0 Å². The van der Waals surface area contributed by atoms with Crippen LogP contribution in [-0.2, 0) is 13.7 Å². The number of anilines is 1. The van der Waals surface area contributed by atoms with Crippen LogP contribution in [0.4, 0.5) is 5.69 Å². The number of aryl methyl sites for hydroxylation is 1. The van der Waals surface area contributed by atoms with E-state index in [4.69, 9.17) is 5.11 Å². The van der Waals surface area contributed by atoms with E-state index in [0.29, 0.717) is 0 Å². The monoisotopic (exact) mass is 231 g/mol. The summed E-state index contributed by atoms with van der Waals surface area (Å²) < 4.78 is 1.76. The van der Waals surface area contributed by atoms with E-state index < -0.39 is 0 Å². The van der Waals surface area contributed by atoms with Gasteiger partial charge < -0.3 is 10.4 Å². The molecular weight excluding hydrogens is 214 g/mol. The molecule has 1 atom stereocenters. The van der Waals surface area contributed by atoms with Crippen molar-refractivity contribution in [2.24, 2.45) is 7.05 Å². The molecule has 0 aliphatic rings. The molecule has 4 nitrogen and oxygen atoms in total. The van der Waals surface area contributed by atoms with E-state index in [1.807, 2.05) is 37.5 Å². The normalized spacial score (nSPS) is 12.4. The van der Waals surface area contributed by atoms with E-state index >= 15 is 0 Å². The highest BCUT2D eigenvalue weighted by molar-refractivity contribution is 5.41. The van der Waals surface area contributed by atoms with E-state index in [0.717, 1.165) is 16.8 Å². The van der Waals surface area contributed by atoms with Gasteiger partial charge in [-0.05, 0) is 18.1 Å². The van der Waals surface area contributed by atoms with Crippen molar-refractivity contribution in [1.29, 1.82) is 0 Å². The lowest BCUT2D eigenvalue weighted by molar-refractivity contribution is 0.281. The van der Waals surface area contributed by atoms with Crippen molar-refractivity contribution < 1.29 is 5.11 Å². The number of hydrogen-bond acceptors (Lipinski definition) is 3. The van der Waals surface area contributed by atoms with E-state index in [1.54, 1.807) is 10.9 Å². The Morgan fingerprint density at radius 2 is 2.29 bits per heavy atom. The molecule has 1 aromatic heterocycles. The Kier molecular flexibility index (Phi) is 3.44. The predicted molar refractivity (Wildman–Crippen MR) is 67.6 cm³/mol. The molecule has 17 heavy (non-hydrogen) atoms. The summed E-state index contributed by atoms with van der Waals surface area (Å²) in [4.78, 5) is 0. The minimum atomic E-state index is 0.0768. The van der Waals surface area contributed by atoms with Crippen LogP contribution < -0.4 is 5.32 Å². The summed E-state index contributed by atoms with van der Waals surface area (Å²) in [6, 6.07) is 8.12. The molecule has 0 amide bonds. The summed E-state index contributed by atoms with van der Waals surface area (Å²) >= 11 is 0. The van der Waals surface area contributed by atoms with Gasteiger partial charge in [0.05, 0.1) is 18.5 Å². The minimum absolute atomic E-state index is 0.0768. The second-order valence-corrected chi connectivity index (χ2v) is 4.17. The summed E-state index contributed by atoms with van der Waals surface area (Å²) in [5, 5.41) is 16.6. The number of benzene rings is 1. The van der Waals surface area contributed by atoms with Gasteiger partial charge in [0.25, 0.3) is 0 Å². The Hall–Kier alpha value is -1.81. The Morgan fingerprint density at radius 3 is 2.94 bits per heavy atom. The highest BCUT2D eigenvalue weighted by Gasteiger charge is 2.06. The fourth-order valence-electron chi connectivity index (χ4n) is 1.79. The Morgan fingerprint density at radius 1 is 1.47 bits per heavy atom. The molecule has 0 fully saturated rings. The zero-order valence-corrected chi connectivity index (χ0v) is 10.1. The highest BCUT2D eigenvalue weighted by Crippen LogP contribution is 2.19. The molecule has 0 radical (unpaired) electrons. The first-order valence-electron chi connectivity index (χ1n) is 5.64. The van der Waals surface area contributed by atoms with Crippen LogP contribution in [0.15, 0.2) is 36.7 Å². The van der Waals surface area contributed by atoms with Crippen LogP contribution in [0.2, 0.25) is 0 Å². The summed E-state index contributed by atoms with van der Waals surface area (Å²) in [5.41, 5.74) is 3.08. The topological polar surface area (TPSA) is 50.1 Å². The third kappa shape index (κ3) is 2.85. The van der Waals surface area contributed by atoms with Gasteiger partial charge in [0.1, 0.15) is 0 Å². The third-order valence-corrected chi connectivity index (χ3v) is 2.72. The predicted octanol–water partition coefficient (Wildman–Crippen LogP) is 2.09. The number of nitrogens with one attached hydrogen (secondary N) is 1. The number of aromatic nitrogens is 2. The van der Waals surface area contributed by atoms with Crippen LogP contribution in [-0.4, -0.2) is 14.9 Å². The lowest BCUT2D eigenvalue weighted by Crippen LogP contribution is -2.06. The molecule has 2 rings (SSSR count). The molecular formula is C13H17N3O. The van der Waals surface area contributed by atoms with E-state index in [-0.39, 0.29) is 12.6 Å². The van der Waals surface area contributed by atoms with E-state index in [9.17, 15) is 0 Å². The van der Waals surface area contributed by atoms with Crippen LogP contribution in [0.1, 0.15) is 24.1 Å². The molecule has 0 saturated heterocycles. The van der Waals surface area contributed by atoms with Gasteiger partial charge in [-0.3, -0.25) is 4.68 Å². The molecule has 90 valence electrons. The molecule has 2 N–H and O–H groups in total. The molecule has 0 spiro atoms. The van der Waals surface area contributed by atoms with Gasteiger partial charge in [0, 0.05) is 19.3 Å². The summed E-state index contributed by atoms with van der Waals surface area (Å²) in [6.45, 7) is 2.16. The van der Waals surface area contributed by atoms with Crippen LogP contribution in [0, 0.1) is 0 Å². The largest absolute Gasteiger partial charge is 0.392 e. The van der Waals surface area contributed by atoms with Crippen LogP contribution in [0.5, 0.6) is 0 Å². The number of hydrogen-bond donors (Lipinski definition) is 2. The number of nitrogens with zero attached hydrogens (tertiary/aromatic N) is 2. The fourth-order valence-corrected chi connectivity index (χ4v) is 1.79. The average Bonchev–Trinajstić information content (AvgIpc) is 2.75. The van der Waals surface area contributed by atoms with Crippen molar-refractivity contribution in [3.8, 4) is 0 Å². The zero-order chi connectivity index (χ0) is 12.3. The lowest BCUT2D eigenvalue weighted by Gasteiger charge is -2.14. The van der Waals surface area contributed by atoms with Crippen molar-refractivity contribution in [2.75, 3.05) is 5.32 Å². The first-order chi connectivity index (χ1) is 8.19. The number of aliphatic hydroxyl groups excluding tert-OH is 1. The van der Waals surface area contributed by atoms with Gasteiger partial charge in [0.2, 0.25) is 0 Å². The Bertz CT molecular complexity index is 493. The highest BCUT2D eigenvalue weighted by atomic mass is 16.3. The maximum atomic E-state index is 9.10. The smallest absolute Gasteiger partial charge is 0.0731 e. The second-order valence-electron chi connectivity index (χ2n) is 4.17.